The summed E-state index contributed by atoms with van der Waals surface area (Å²) in [5.41, 5.74) is 0.600. The molecular formula is C22H37I. The Balaban J connectivity index is 1.82. The van der Waals surface area contributed by atoms with Gasteiger partial charge in [0.25, 0.3) is 0 Å². The lowest BCUT2D eigenvalue weighted by atomic mass is 9.66. The number of hydrogen-bond acceptors (Lipinski definition) is 0. The van der Waals surface area contributed by atoms with Gasteiger partial charge in [0.1, 0.15) is 0 Å². The summed E-state index contributed by atoms with van der Waals surface area (Å²) in [5.74, 6) is 2.76. The van der Waals surface area contributed by atoms with E-state index in [9.17, 15) is 0 Å². The van der Waals surface area contributed by atoms with Crippen LogP contribution in [0, 0.1) is 23.2 Å². The van der Waals surface area contributed by atoms with E-state index < -0.39 is 0 Å². The summed E-state index contributed by atoms with van der Waals surface area (Å²) < 4.78 is 5.26. The highest BCUT2D eigenvalue weighted by atomic mass is 127. The Kier molecular flexibility index (Phi) is 6.08. The molecular weight excluding hydrogens is 391 g/mol. The lowest BCUT2D eigenvalue weighted by molar-refractivity contribution is 0.158. The molecule has 3 aliphatic carbocycles. The molecule has 0 aromatic rings. The number of alkyl halides is 1. The molecule has 3 rings (SSSR count). The summed E-state index contributed by atoms with van der Waals surface area (Å²) in [6, 6.07) is 0. The summed E-state index contributed by atoms with van der Waals surface area (Å²) in [6.07, 6.45) is 22.7. The van der Waals surface area contributed by atoms with E-state index in [0.29, 0.717) is 8.84 Å². The highest BCUT2D eigenvalue weighted by Gasteiger charge is 2.48. The zero-order chi connectivity index (χ0) is 16.3. The fourth-order valence-corrected chi connectivity index (χ4v) is 8.81. The molecule has 23 heavy (non-hydrogen) atoms. The summed E-state index contributed by atoms with van der Waals surface area (Å²) >= 11 is 0.0683. The molecule has 0 aliphatic heterocycles. The van der Waals surface area contributed by atoms with E-state index in [1.54, 1.807) is 0 Å². The second kappa shape index (κ2) is 7.70. The van der Waals surface area contributed by atoms with Gasteiger partial charge in [0.15, 0.2) is 0 Å². The van der Waals surface area contributed by atoms with Gasteiger partial charge in [-0.25, -0.2) is 0 Å². The largest absolute Gasteiger partial charge is 0.123 e. The summed E-state index contributed by atoms with van der Waals surface area (Å²) in [5, 5.41) is 0. The van der Waals surface area contributed by atoms with E-state index in [1.807, 2.05) is 0 Å². The monoisotopic (exact) mass is 428 g/mol. The average molecular weight is 428 g/mol. The Hall–Kier alpha value is 0.340. The Morgan fingerprint density at radius 1 is 0.957 bits per heavy atom. The molecule has 0 nitrogen and oxygen atoms in total. The number of hydrogen-bond donors (Lipinski definition) is 0. The minimum Gasteiger partial charge on any atom is -0.123 e. The molecule has 1 heteroatoms. The van der Waals surface area contributed by atoms with Gasteiger partial charge in [-0.1, -0.05) is 62.6 Å². The predicted molar refractivity (Wildman–Crippen MR) is 113 cm³/mol. The fraction of sp³-hybridized carbons (Fsp3) is 0.864. The molecule has 2 saturated carbocycles. The molecule has 0 aromatic carbocycles. The lowest BCUT2D eigenvalue weighted by Gasteiger charge is -2.48. The zero-order valence-electron chi connectivity index (χ0n) is 15.5. The maximum Gasteiger partial charge on any atom is 0.0223 e. The molecule has 0 bridgehead atoms. The van der Waals surface area contributed by atoms with Crippen LogP contribution in [0.2, 0.25) is 0 Å². The van der Waals surface area contributed by atoms with Crippen LogP contribution in [0.5, 0.6) is 0 Å². The lowest BCUT2D eigenvalue weighted by Crippen LogP contribution is -2.42. The van der Waals surface area contributed by atoms with Gasteiger partial charge in [0.2, 0.25) is 0 Å². The van der Waals surface area contributed by atoms with Crippen LogP contribution < -0.4 is 0 Å². The SMILES string of the molecule is C=IC1(C2(C)CCCCCCC2)CCC2C=CCC(C)C2CC1. The molecule has 0 radical (unpaired) electrons. The van der Waals surface area contributed by atoms with Crippen molar-refractivity contribution < 1.29 is 0 Å². The topological polar surface area (TPSA) is 0 Å². The van der Waals surface area contributed by atoms with E-state index in [2.05, 4.69) is 30.5 Å². The fourth-order valence-electron chi connectivity index (χ4n) is 5.96. The highest BCUT2D eigenvalue weighted by Crippen LogP contribution is 2.58. The molecule has 0 spiro atoms. The first-order chi connectivity index (χ1) is 11.1. The van der Waals surface area contributed by atoms with E-state index in [1.165, 1.54) is 77.0 Å². The van der Waals surface area contributed by atoms with Crippen molar-refractivity contribution in [1.82, 2.24) is 0 Å². The van der Waals surface area contributed by atoms with Crippen LogP contribution in [-0.4, -0.2) is 7.94 Å². The third-order valence-electron chi connectivity index (χ3n) is 7.71. The van der Waals surface area contributed by atoms with Crippen molar-refractivity contribution in [1.29, 1.82) is 0 Å². The Morgan fingerprint density at radius 2 is 1.61 bits per heavy atom. The molecule has 0 saturated heterocycles. The quantitative estimate of drug-likeness (QED) is 0.246. The molecule has 4 unspecified atom stereocenters. The van der Waals surface area contributed by atoms with Gasteiger partial charge in [0.05, 0.1) is 0 Å². The van der Waals surface area contributed by atoms with Crippen LogP contribution in [-0.2, 0) is 0 Å². The van der Waals surface area contributed by atoms with Crippen molar-refractivity contribution in [3.63, 3.8) is 0 Å². The number of fused-ring (bicyclic) bond motifs is 1. The second-order valence-electron chi connectivity index (χ2n) is 8.97. The third-order valence-corrected chi connectivity index (χ3v) is 11.6. The zero-order valence-corrected chi connectivity index (χ0v) is 17.6. The molecule has 0 N–H and O–H groups in total. The van der Waals surface area contributed by atoms with Gasteiger partial charge in [-0.2, -0.15) is 0 Å². The maximum atomic E-state index is 4.63. The average Bonchev–Trinajstić information content (AvgIpc) is 2.73. The van der Waals surface area contributed by atoms with Crippen molar-refractivity contribution >= 4 is 25.2 Å². The normalized spacial score (nSPS) is 41.4. The van der Waals surface area contributed by atoms with Gasteiger partial charge < -0.3 is 0 Å². The number of halogens is 1. The summed E-state index contributed by atoms with van der Waals surface area (Å²) in [6.45, 7) is 5.18. The molecule has 132 valence electrons. The molecule has 3 aliphatic rings. The van der Waals surface area contributed by atoms with Gasteiger partial charge in [-0.05, 0) is 68.1 Å². The third kappa shape index (κ3) is 3.65. The minimum absolute atomic E-state index is 0.0683. The maximum absolute atomic E-state index is 4.63. The first-order valence-corrected chi connectivity index (χ1v) is 12.8. The van der Waals surface area contributed by atoms with Crippen molar-refractivity contribution in [2.45, 2.75) is 94.3 Å². The summed E-state index contributed by atoms with van der Waals surface area (Å²) in [7, 11) is 0. The van der Waals surface area contributed by atoms with Gasteiger partial charge >= 0.3 is 0 Å². The highest BCUT2D eigenvalue weighted by molar-refractivity contribution is 14.2. The number of rotatable bonds is 2. The van der Waals surface area contributed by atoms with E-state index >= 15 is 0 Å². The van der Waals surface area contributed by atoms with E-state index in [4.69, 9.17) is 0 Å². The van der Waals surface area contributed by atoms with Crippen LogP contribution in [0.15, 0.2) is 12.2 Å². The minimum atomic E-state index is 0.0683. The van der Waals surface area contributed by atoms with E-state index in [0.717, 1.165) is 17.8 Å². The van der Waals surface area contributed by atoms with Crippen molar-refractivity contribution in [2.24, 2.45) is 23.2 Å². The van der Waals surface area contributed by atoms with Crippen LogP contribution in [0.1, 0.15) is 90.9 Å². The Morgan fingerprint density at radius 3 is 2.30 bits per heavy atom. The Bertz CT molecular complexity index is 429. The molecule has 2 fully saturated rings. The van der Waals surface area contributed by atoms with Crippen LogP contribution >= 0.6 is 20.7 Å². The molecule has 4 atom stereocenters. The van der Waals surface area contributed by atoms with Gasteiger partial charge in [-0.3, -0.25) is 0 Å². The van der Waals surface area contributed by atoms with Crippen LogP contribution in [0.3, 0.4) is 0 Å². The second-order valence-corrected chi connectivity index (χ2v) is 11.8. The first kappa shape index (κ1) is 18.1. The molecule has 0 aromatic heterocycles. The van der Waals surface area contributed by atoms with E-state index in [-0.39, 0.29) is 20.7 Å². The molecule has 0 heterocycles. The Labute approximate surface area is 154 Å². The molecule has 0 amide bonds. The summed E-state index contributed by atoms with van der Waals surface area (Å²) in [4.78, 5) is 0. The van der Waals surface area contributed by atoms with Crippen molar-refractivity contribution in [3.8, 4) is 0 Å². The first-order valence-electron chi connectivity index (χ1n) is 10.2. The van der Waals surface area contributed by atoms with Crippen molar-refractivity contribution in [3.05, 3.63) is 12.2 Å². The van der Waals surface area contributed by atoms with Crippen LogP contribution in [0.25, 0.3) is 0 Å². The standard InChI is InChI=1S/C22H37I/c1-18-10-9-11-19-12-16-22(23-3,17-13-20(18)19)21(2)14-7-5-4-6-8-15-21/h9,11,18-20H,3-8,10,12-17H2,1-2H3. The smallest absolute Gasteiger partial charge is 0.0223 e. The van der Waals surface area contributed by atoms with Crippen LogP contribution in [0.4, 0.5) is 0 Å². The van der Waals surface area contributed by atoms with Crippen molar-refractivity contribution in [2.75, 3.05) is 0 Å². The predicted octanol–water partition coefficient (Wildman–Crippen LogP) is 7.28. The van der Waals surface area contributed by atoms with Gasteiger partial charge in [-0.15, -0.1) is 20.7 Å². The number of allylic oxidation sites excluding steroid dienone is 2. The van der Waals surface area contributed by atoms with Gasteiger partial charge in [0, 0.05) is 3.42 Å².